The molecule has 1 aromatic rings. The van der Waals surface area contributed by atoms with Gasteiger partial charge in [-0.2, -0.15) is 13.2 Å². The summed E-state index contributed by atoms with van der Waals surface area (Å²) in [6.07, 6.45) is -3.91. The summed E-state index contributed by atoms with van der Waals surface area (Å²) >= 11 is 0. The molecule has 0 radical (unpaired) electrons. The van der Waals surface area contributed by atoms with Crippen molar-refractivity contribution in [2.75, 3.05) is 11.6 Å². The van der Waals surface area contributed by atoms with Crippen LogP contribution in [0.25, 0.3) is 0 Å². The van der Waals surface area contributed by atoms with Crippen LogP contribution >= 0.6 is 0 Å². The first kappa shape index (κ1) is 16.7. The molecule has 0 atom stereocenters. The molecule has 21 heavy (non-hydrogen) atoms. The minimum atomic E-state index is -5.21. The van der Waals surface area contributed by atoms with Crippen LogP contribution in [0.3, 0.4) is 0 Å². The molecule has 0 saturated heterocycles. The van der Waals surface area contributed by atoms with Crippen LogP contribution in [0.5, 0.6) is 0 Å². The lowest BCUT2D eigenvalue weighted by atomic mass is 10.1. The second kappa shape index (κ2) is 6.89. The minimum absolute atomic E-state index is 0.0294. The fourth-order valence-electron chi connectivity index (χ4n) is 1.41. The Morgan fingerprint density at radius 1 is 1.29 bits per heavy atom. The highest BCUT2D eigenvalue weighted by molar-refractivity contribution is 6.00. The topological polar surface area (TPSA) is 72.6 Å². The fourth-order valence-corrected chi connectivity index (χ4v) is 1.41. The van der Waals surface area contributed by atoms with Crippen molar-refractivity contribution in [1.82, 2.24) is 0 Å². The normalized spacial score (nSPS) is 10.9. The number of hydrogen-bond donors (Lipinski definition) is 1. The third kappa shape index (κ3) is 4.60. The van der Waals surface area contributed by atoms with E-state index in [1.54, 1.807) is 12.1 Å². The average Bonchev–Trinajstić information content (AvgIpc) is 2.44. The number of anilines is 1. The van der Waals surface area contributed by atoms with Gasteiger partial charge in [0, 0.05) is 0 Å². The van der Waals surface area contributed by atoms with Crippen molar-refractivity contribution in [3.8, 4) is 0 Å². The van der Waals surface area contributed by atoms with E-state index in [2.05, 4.69) is 11.4 Å². The van der Waals surface area contributed by atoms with Crippen molar-refractivity contribution in [3.63, 3.8) is 0 Å². The van der Waals surface area contributed by atoms with Crippen LogP contribution < -0.4 is 10.8 Å². The number of rotatable bonds is 4. The zero-order valence-corrected chi connectivity index (χ0v) is 10.9. The molecule has 0 bridgehead atoms. The predicted molar refractivity (Wildman–Crippen MR) is 69.0 cm³/mol. The molecule has 0 saturated carbocycles. The Morgan fingerprint density at radius 3 is 2.29 bits per heavy atom. The van der Waals surface area contributed by atoms with Crippen LogP contribution in [-0.4, -0.2) is 24.6 Å². The van der Waals surface area contributed by atoms with E-state index in [0.29, 0.717) is 13.0 Å². The number of alkyl halides is 3. The Hall–Kier alpha value is -2.35. The van der Waals surface area contributed by atoms with Gasteiger partial charge < -0.3 is 10.6 Å². The summed E-state index contributed by atoms with van der Waals surface area (Å²) in [5.74, 6) is -3.50. The van der Waals surface area contributed by atoms with Gasteiger partial charge in [0.25, 0.3) is 5.91 Å². The third-order valence-corrected chi connectivity index (χ3v) is 2.38. The zero-order chi connectivity index (χ0) is 16.0. The predicted octanol–water partition coefficient (Wildman–Crippen LogP) is 1.73. The molecule has 114 valence electrons. The van der Waals surface area contributed by atoms with Crippen LogP contribution in [0.2, 0.25) is 0 Å². The molecule has 1 rings (SSSR count). The van der Waals surface area contributed by atoms with Gasteiger partial charge in [-0.25, -0.2) is 4.79 Å². The van der Waals surface area contributed by atoms with E-state index >= 15 is 0 Å². The number of hydroxylamine groups is 1. The number of hydrogen-bond acceptors (Lipinski definition) is 4. The summed E-state index contributed by atoms with van der Waals surface area (Å²) in [4.78, 5) is 26.5. The number of halogens is 3. The van der Waals surface area contributed by atoms with Gasteiger partial charge in [0.15, 0.2) is 0 Å². The van der Waals surface area contributed by atoms with E-state index in [1.165, 1.54) is 12.1 Å². The third-order valence-electron chi connectivity index (χ3n) is 2.38. The summed E-state index contributed by atoms with van der Waals surface area (Å²) in [6.45, 7) is 3.54. The van der Waals surface area contributed by atoms with E-state index < -0.39 is 18.1 Å². The van der Waals surface area contributed by atoms with Crippen molar-refractivity contribution in [2.45, 2.75) is 12.6 Å². The molecule has 0 aliphatic rings. The second-order valence-corrected chi connectivity index (χ2v) is 3.92. The Kier molecular flexibility index (Phi) is 5.48. The summed E-state index contributed by atoms with van der Waals surface area (Å²) in [5, 5.41) is 0.231. The number of carbonyl (C=O) groups excluding carboxylic acids is 2. The van der Waals surface area contributed by atoms with Crippen LogP contribution in [0.4, 0.5) is 18.9 Å². The Balaban J connectivity index is 3.00. The molecular formula is C13H13F3N2O3. The standard InChI is InChI=1S/C13H13F3N2O3/c1-2-11(19)18(21-12(20)13(14,15)16)10-5-3-9(4-6-10)7-8-17/h2-6H,1,7-8,17H2. The van der Waals surface area contributed by atoms with Gasteiger partial charge in [0.2, 0.25) is 0 Å². The first-order valence-electron chi connectivity index (χ1n) is 5.84. The molecule has 8 heteroatoms. The molecule has 5 nitrogen and oxygen atoms in total. The highest BCUT2D eigenvalue weighted by atomic mass is 19.4. The Labute approximate surface area is 118 Å². The largest absolute Gasteiger partial charge is 0.493 e. The van der Waals surface area contributed by atoms with E-state index in [4.69, 9.17) is 5.73 Å². The molecule has 1 aromatic carbocycles. The molecule has 1 amide bonds. The van der Waals surface area contributed by atoms with E-state index in [1.807, 2.05) is 0 Å². The molecule has 0 fully saturated rings. The lowest BCUT2D eigenvalue weighted by molar-refractivity contribution is -0.201. The van der Waals surface area contributed by atoms with Gasteiger partial charge in [0.05, 0.1) is 5.69 Å². The average molecular weight is 302 g/mol. The fraction of sp³-hybridized carbons (Fsp3) is 0.231. The number of nitrogens with two attached hydrogens (primary N) is 1. The van der Waals surface area contributed by atoms with Crippen LogP contribution in [-0.2, 0) is 20.8 Å². The number of nitrogens with zero attached hydrogens (tertiary/aromatic N) is 1. The van der Waals surface area contributed by atoms with Crippen LogP contribution in [0.1, 0.15) is 5.56 Å². The molecule has 0 aliphatic heterocycles. The van der Waals surface area contributed by atoms with Crippen molar-refractivity contribution in [2.24, 2.45) is 5.73 Å². The number of carbonyl (C=O) groups is 2. The van der Waals surface area contributed by atoms with Gasteiger partial charge in [-0.05, 0) is 36.7 Å². The Morgan fingerprint density at radius 2 is 1.86 bits per heavy atom. The lowest BCUT2D eigenvalue weighted by Crippen LogP contribution is -2.37. The maximum Gasteiger partial charge on any atom is 0.493 e. The van der Waals surface area contributed by atoms with E-state index in [0.717, 1.165) is 11.6 Å². The quantitative estimate of drug-likeness (QED) is 0.679. The van der Waals surface area contributed by atoms with Crippen LogP contribution in [0, 0.1) is 0 Å². The minimum Gasteiger partial charge on any atom is -0.330 e. The molecule has 0 aromatic heterocycles. The van der Waals surface area contributed by atoms with Gasteiger partial charge in [0.1, 0.15) is 0 Å². The first-order chi connectivity index (χ1) is 9.79. The Bertz CT molecular complexity index is 526. The lowest BCUT2D eigenvalue weighted by Gasteiger charge is -2.20. The zero-order valence-electron chi connectivity index (χ0n) is 10.9. The molecule has 0 heterocycles. The highest BCUT2D eigenvalue weighted by Gasteiger charge is 2.43. The maximum atomic E-state index is 12.2. The monoisotopic (exact) mass is 302 g/mol. The molecule has 0 spiro atoms. The van der Waals surface area contributed by atoms with Gasteiger partial charge in [-0.15, -0.1) is 5.06 Å². The molecule has 2 N–H and O–H groups in total. The van der Waals surface area contributed by atoms with Gasteiger partial charge >= 0.3 is 12.1 Å². The smallest absolute Gasteiger partial charge is 0.330 e. The van der Waals surface area contributed by atoms with Crippen molar-refractivity contribution in [3.05, 3.63) is 42.5 Å². The summed E-state index contributed by atoms with van der Waals surface area (Å²) in [7, 11) is 0. The first-order valence-corrected chi connectivity index (χ1v) is 5.84. The van der Waals surface area contributed by atoms with Crippen LogP contribution in [0.15, 0.2) is 36.9 Å². The maximum absolute atomic E-state index is 12.2. The van der Waals surface area contributed by atoms with Crippen molar-refractivity contribution >= 4 is 17.6 Å². The van der Waals surface area contributed by atoms with Gasteiger partial charge in [-0.1, -0.05) is 18.7 Å². The summed E-state index contributed by atoms with van der Waals surface area (Å²) < 4.78 is 36.6. The highest BCUT2D eigenvalue weighted by Crippen LogP contribution is 2.22. The number of benzene rings is 1. The van der Waals surface area contributed by atoms with Crippen molar-refractivity contribution in [1.29, 1.82) is 0 Å². The second-order valence-electron chi connectivity index (χ2n) is 3.92. The van der Waals surface area contributed by atoms with E-state index in [-0.39, 0.29) is 10.8 Å². The van der Waals surface area contributed by atoms with Gasteiger partial charge in [-0.3, -0.25) is 4.79 Å². The van der Waals surface area contributed by atoms with Crippen molar-refractivity contribution < 1.29 is 27.6 Å². The summed E-state index contributed by atoms with van der Waals surface area (Å²) in [5.41, 5.74) is 6.17. The SMILES string of the molecule is C=CC(=O)N(OC(=O)C(F)(F)F)c1ccc(CCN)cc1. The summed E-state index contributed by atoms with van der Waals surface area (Å²) in [6, 6.07) is 5.81. The van der Waals surface area contributed by atoms with E-state index in [9.17, 15) is 22.8 Å². The number of amides is 1. The molecule has 0 aliphatic carbocycles. The molecule has 0 unspecified atom stereocenters. The molecular weight excluding hydrogens is 289 g/mol.